The highest BCUT2D eigenvalue weighted by Crippen LogP contribution is 2.13. The fourth-order valence-corrected chi connectivity index (χ4v) is 2.09. The lowest BCUT2D eigenvalue weighted by atomic mass is 10.2. The van der Waals surface area contributed by atoms with Crippen molar-refractivity contribution in [3.8, 4) is 5.75 Å². The van der Waals surface area contributed by atoms with Crippen LogP contribution in [0.4, 0.5) is 4.39 Å². The Bertz CT molecular complexity index is 439. The molecular formula is C14H20ClFN2O2. The summed E-state index contributed by atoms with van der Waals surface area (Å²) >= 11 is 0. The molecule has 4 nitrogen and oxygen atoms in total. The molecule has 0 saturated carbocycles. The van der Waals surface area contributed by atoms with Crippen LogP contribution in [0.2, 0.25) is 0 Å². The van der Waals surface area contributed by atoms with Crippen molar-refractivity contribution in [1.82, 2.24) is 10.6 Å². The zero-order chi connectivity index (χ0) is 13.7. The normalized spacial score (nSPS) is 19.0. The van der Waals surface area contributed by atoms with Crippen molar-refractivity contribution in [2.24, 2.45) is 0 Å². The summed E-state index contributed by atoms with van der Waals surface area (Å²) in [4.78, 5) is 11.8. The van der Waals surface area contributed by atoms with Crippen LogP contribution in [-0.2, 0) is 4.79 Å². The average molecular weight is 303 g/mol. The van der Waals surface area contributed by atoms with Crippen LogP contribution in [0.5, 0.6) is 5.75 Å². The predicted octanol–water partition coefficient (Wildman–Crippen LogP) is 1.88. The summed E-state index contributed by atoms with van der Waals surface area (Å²) in [6, 6.07) is 5.90. The molecular weight excluding hydrogens is 283 g/mol. The molecule has 0 radical (unpaired) electrons. The van der Waals surface area contributed by atoms with E-state index in [1.807, 2.05) is 6.92 Å². The predicted molar refractivity (Wildman–Crippen MR) is 77.8 cm³/mol. The molecule has 2 rings (SSSR count). The summed E-state index contributed by atoms with van der Waals surface area (Å²) in [6.45, 7) is 3.15. The summed E-state index contributed by atoms with van der Waals surface area (Å²) in [7, 11) is 0. The van der Waals surface area contributed by atoms with Gasteiger partial charge >= 0.3 is 0 Å². The Morgan fingerprint density at radius 3 is 3.05 bits per heavy atom. The molecule has 1 aromatic rings. The number of benzene rings is 1. The summed E-state index contributed by atoms with van der Waals surface area (Å²) in [5.41, 5.74) is 0. The standard InChI is InChI=1S/C14H19FN2O2.ClH/c1-10(19-12-5-2-4-11(15)8-12)9-17-14(18)13-6-3-7-16-13;/h2,4-5,8,10,13,16H,3,6-7,9H2,1H3,(H,17,18);1H. The number of hydrogen-bond donors (Lipinski definition) is 2. The van der Waals surface area contributed by atoms with Gasteiger partial charge in [-0.05, 0) is 38.4 Å². The third kappa shape index (κ3) is 4.98. The smallest absolute Gasteiger partial charge is 0.237 e. The maximum atomic E-state index is 13.0. The first-order chi connectivity index (χ1) is 9.15. The quantitative estimate of drug-likeness (QED) is 0.873. The van der Waals surface area contributed by atoms with Crippen molar-refractivity contribution in [2.75, 3.05) is 13.1 Å². The van der Waals surface area contributed by atoms with Gasteiger partial charge in [0.15, 0.2) is 0 Å². The van der Waals surface area contributed by atoms with Crippen molar-refractivity contribution in [3.63, 3.8) is 0 Å². The number of halogens is 2. The van der Waals surface area contributed by atoms with E-state index >= 15 is 0 Å². The van der Waals surface area contributed by atoms with Crippen LogP contribution in [0.25, 0.3) is 0 Å². The minimum Gasteiger partial charge on any atom is -0.489 e. The van der Waals surface area contributed by atoms with Gasteiger partial charge in [0.2, 0.25) is 5.91 Å². The Hall–Kier alpha value is -1.33. The molecule has 1 amide bonds. The lowest BCUT2D eigenvalue weighted by Gasteiger charge is -2.17. The first-order valence-corrected chi connectivity index (χ1v) is 6.58. The van der Waals surface area contributed by atoms with Gasteiger partial charge in [0.1, 0.15) is 17.7 Å². The molecule has 1 heterocycles. The van der Waals surface area contributed by atoms with E-state index in [1.165, 1.54) is 12.1 Å². The number of carbonyl (C=O) groups excluding carboxylic acids is 1. The van der Waals surface area contributed by atoms with Crippen LogP contribution in [0.3, 0.4) is 0 Å². The highest BCUT2D eigenvalue weighted by atomic mass is 35.5. The van der Waals surface area contributed by atoms with E-state index in [2.05, 4.69) is 10.6 Å². The first kappa shape index (κ1) is 16.7. The zero-order valence-electron chi connectivity index (χ0n) is 11.4. The third-order valence-electron chi connectivity index (χ3n) is 3.07. The van der Waals surface area contributed by atoms with Gasteiger partial charge < -0.3 is 15.4 Å². The first-order valence-electron chi connectivity index (χ1n) is 6.58. The van der Waals surface area contributed by atoms with Crippen LogP contribution in [0, 0.1) is 5.82 Å². The van der Waals surface area contributed by atoms with Crippen molar-refractivity contribution in [3.05, 3.63) is 30.1 Å². The van der Waals surface area contributed by atoms with E-state index in [0.717, 1.165) is 19.4 Å². The molecule has 1 aromatic carbocycles. The van der Waals surface area contributed by atoms with Crippen molar-refractivity contribution >= 4 is 18.3 Å². The van der Waals surface area contributed by atoms with Gasteiger partial charge in [-0.15, -0.1) is 12.4 Å². The van der Waals surface area contributed by atoms with Gasteiger partial charge in [0, 0.05) is 6.07 Å². The van der Waals surface area contributed by atoms with Crippen LogP contribution in [0.15, 0.2) is 24.3 Å². The van der Waals surface area contributed by atoms with Gasteiger partial charge in [-0.2, -0.15) is 0 Å². The maximum Gasteiger partial charge on any atom is 0.237 e. The highest BCUT2D eigenvalue weighted by molar-refractivity contribution is 5.85. The number of amides is 1. The molecule has 1 fully saturated rings. The van der Waals surface area contributed by atoms with Gasteiger partial charge in [-0.25, -0.2) is 4.39 Å². The second kappa shape index (κ2) is 8.07. The van der Waals surface area contributed by atoms with Crippen molar-refractivity contribution < 1.29 is 13.9 Å². The van der Waals surface area contributed by atoms with Gasteiger partial charge in [-0.1, -0.05) is 6.07 Å². The van der Waals surface area contributed by atoms with Gasteiger partial charge in [-0.3, -0.25) is 4.79 Å². The molecule has 20 heavy (non-hydrogen) atoms. The lowest BCUT2D eigenvalue weighted by Crippen LogP contribution is -2.43. The maximum absolute atomic E-state index is 13.0. The number of carbonyl (C=O) groups is 1. The molecule has 112 valence electrons. The van der Waals surface area contributed by atoms with Crippen LogP contribution in [-0.4, -0.2) is 31.1 Å². The van der Waals surface area contributed by atoms with Crippen LogP contribution >= 0.6 is 12.4 Å². The van der Waals surface area contributed by atoms with E-state index < -0.39 is 0 Å². The van der Waals surface area contributed by atoms with E-state index in [9.17, 15) is 9.18 Å². The Morgan fingerprint density at radius 1 is 1.60 bits per heavy atom. The molecule has 6 heteroatoms. The summed E-state index contributed by atoms with van der Waals surface area (Å²) in [5, 5.41) is 5.97. The second-order valence-corrected chi connectivity index (χ2v) is 4.78. The topological polar surface area (TPSA) is 50.4 Å². The summed E-state index contributed by atoms with van der Waals surface area (Å²) in [6.07, 6.45) is 1.71. The van der Waals surface area contributed by atoms with E-state index in [4.69, 9.17) is 4.74 Å². The molecule has 2 atom stereocenters. The number of ether oxygens (including phenoxy) is 1. The van der Waals surface area contributed by atoms with E-state index in [-0.39, 0.29) is 36.3 Å². The zero-order valence-corrected chi connectivity index (χ0v) is 12.2. The largest absolute Gasteiger partial charge is 0.489 e. The van der Waals surface area contributed by atoms with E-state index in [0.29, 0.717) is 12.3 Å². The number of rotatable bonds is 5. The third-order valence-corrected chi connectivity index (χ3v) is 3.07. The summed E-state index contributed by atoms with van der Waals surface area (Å²) in [5.74, 6) is 0.150. The molecule has 0 aromatic heterocycles. The molecule has 2 unspecified atom stereocenters. The van der Waals surface area contributed by atoms with Crippen LogP contribution in [0.1, 0.15) is 19.8 Å². The number of nitrogens with one attached hydrogen (secondary N) is 2. The molecule has 0 spiro atoms. The fraction of sp³-hybridized carbons (Fsp3) is 0.500. The average Bonchev–Trinajstić information content (AvgIpc) is 2.90. The Kier molecular flexibility index (Phi) is 6.75. The van der Waals surface area contributed by atoms with Crippen LogP contribution < -0.4 is 15.4 Å². The Labute approximate surface area is 124 Å². The van der Waals surface area contributed by atoms with Crippen molar-refractivity contribution in [1.29, 1.82) is 0 Å². The lowest BCUT2D eigenvalue weighted by molar-refractivity contribution is -0.123. The molecule has 0 bridgehead atoms. The monoisotopic (exact) mass is 302 g/mol. The molecule has 2 N–H and O–H groups in total. The minimum absolute atomic E-state index is 0. The second-order valence-electron chi connectivity index (χ2n) is 4.78. The molecule has 1 aliphatic heterocycles. The van der Waals surface area contributed by atoms with Gasteiger partial charge in [0.25, 0.3) is 0 Å². The highest BCUT2D eigenvalue weighted by Gasteiger charge is 2.21. The number of hydrogen-bond acceptors (Lipinski definition) is 3. The SMILES string of the molecule is CC(CNC(=O)C1CCCN1)Oc1cccc(F)c1.Cl. The molecule has 1 saturated heterocycles. The Balaban J connectivity index is 0.00000200. The van der Waals surface area contributed by atoms with Gasteiger partial charge in [0.05, 0.1) is 12.6 Å². The van der Waals surface area contributed by atoms with Crippen molar-refractivity contribution in [2.45, 2.75) is 31.9 Å². The molecule has 1 aliphatic rings. The minimum atomic E-state index is -0.330. The molecule has 0 aliphatic carbocycles. The fourth-order valence-electron chi connectivity index (χ4n) is 2.09. The Morgan fingerprint density at radius 2 is 2.40 bits per heavy atom. The summed E-state index contributed by atoms with van der Waals surface area (Å²) < 4.78 is 18.5. The van der Waals surface area contributed by atoms with E-state index in [1.54, 1.807) is 12.1 Å².